The molecule has 0 amide bonds. The van der Waals surface area contributed by atoms with E-state index in [1.54, 1.807) is 11.3 Å². The fraction of sp³-hybridized carbons (Fsp3) is 0.500. The van der Waals surface area contributed by atoms with Gasteiger partial charge >= 0.3 is 0 Å². The molecule has 2 nitrogen and oxygen atoms in total. The van der Waals surface area contributed by atoms with Crippen molar-refractivity contribution >= 4 is 21.6 Å². The van der Waals surface area contributed by atoms with E-state index in [1.807, 2.05) is 0 Å². The topological polar surface area (TPSA) is 24.9 Å². The summed E-state index contributed by atoms with van der Waals surface area (Å²) in [5.74, 6) is 0.791. The third-order valence-electron chi connectivity index (χ3n) is 3.87. The molecule has 3 heteroatoms. The van der Waals surface area contributed by atoms with E-state index in [4.69, 9.17) is 0 Å². The number of nitrogens with one attached hydrogen (secondary N) is 1. The van der Waals surface area contributed by atoms with Crippen molar-refractivity contribution in [1.82, 2.24) is 10.3 Å². The van der Waals surface area contributed by atoms with Crippen LogP contribution >= 0.6 is 11.3 Å². The molecule has 0 saturated heterocycles. The molecule has 2 heterocycles. The Morgan fingerprint density at radius 2 is 2.24 bits per heavy atom. The van der Waals surface area contributed by atoms with E-state index in [-0.39, 0.29) is 0 Å². The predicted molar refractivity (Wildman–Crippen MR) is 73.4 cm³/mol. The molecule has 2 aromatic rings. The fourth-order valence-corrected chi connectivity index (χ4v) is 3.79. The molecule has 17 heavy (non-hydrogen) atoms. The minimum Gasteiger partial charge on any atom is -0.313 e. The zero-order chi connectivity index (χ0) is 11.7. The highest BCUT2D eigenvalue weighted by atomic mass is 32.1. The van der Waals surface area contributed by atoms with Crippen LogP contribution in [-0.2, 0) is 0 Å². The third-order valence-corrected chi connectivity index (χ3v) is 4.72. The van der Waals surface area contributed by atoms with E-state index in [2.05, 4.69) is 41.1 Å². The number of fused-ring (bicyclic) bond motifs is 1. The summed E-state index contributed by atoms with van der Waals surface area (Å²) in [5, 5.41) is 5.60. The summed E-state index contributed by atoms with van der Waals surface area (Å²) < 4.78 is 1.31. The van der Waals surface area contributed by atoms with Crippen LogP contribution in [0.3, 0.4) is 0 Å². The minimum absolute atomic E-state index is 0.483. The van der Waals surface area contributed by atoms with Crippen LogP contribution in [0.25, 0.3) is 10.2 Å². The van der Waals surface area contributed by atoms with Gasteiger partial charge < -0.3 is 5.32 Å². The smallest absolute Gasteiger partial charge is 0.0809 e. The van der Waals surface area contributed by atoms with Gasteiger partial charge in [0.05, 0.1) is 10.2 Å². The SMILES string of the molecule is CNC(c1cnc2ccsc2c1)C1CCCC1. The van der Waals surface area contributed by atoms with Crippen LogP contribution in [0.4, 0.5) is 0 Å². The van der Waals surface area contributed by atoms with E-state index < -0.39 is 0 Å². The highest BCUT2D eigenvalue weighted by Crippen LogP contribution is 2.36. The first-order valence-electron chi connectivity index (χ1n) is 6.39. The number of thiophene rings is 1. The van der Waals surface area contributed by atoms with Gasteiger partial charge in [-0.2, -0.15) is 0 Å². The molecule has 1 atom stereocenters. The molecule has 1 unspecified atom stereocenters. The number of nitrogens with zero attached hydrogens (tertiary/aromatic N) is 1. The second-order valence-corrected chi connectivity index (χ2v) is 5.83. The maximum Gasteiger partial charge on any atom is 0.0809 e. The first-order valence-corrected chi connectivity index (χ1v) is 7.27. The normalized spacial score (nSPS) is 18.9. The first-order chi connectivity index (χ1) is 8.38. The van der Waals surface area contributed by atoms with Gasteiger partial charge in [-0.3, -0.25) is 4.98 Å². The van der Waals surface area contributed by atoms with E-state index >= 15 is 0 Å². The summed E-state index contributed by atoms with van der Waals surface area (Å²) in [6, 6.07) is 4.89. The van der Waals surface area contributed by atoms with Gasteiger partial charge in [0.25, 0.3) is 0 Å². The molecular formula is C14H18N2S. The highest BCUT2D eigenvalue weighted by Gasteiger charge is 2.25. The largest absolute Gasteiger partial charge is 0.313 e. The van der Waals surface area contributed by atoms with Gasteiger partial charge in [0.2, 0.25) is 0 Å². The summed E-state index contributed by atoms with van der Waals surface area (Å²) in [5.41, 5.74) is 2.48. The van der Waals surface area contributed by atoms with Crippen molar-refractivity contribution in [2.24, 2.45) is 5.92 Å². The monoisotopic (exact) mass is 246 g/mol. The Morgan fingerprint density at radius 1 is 1.41 bits per heavy atom. The lowest BCUT2D eigenvalue weighted by Crippen LogP contribution is -2.23. The van der Waals surface area contributed by atoms with Crippen LogP contribution < -0.4 is 5.32 Å². The molecular weight excluding hydrogens is 228 g/mol. The van der Waals surface area contributed by atoms with Crippen molar-refractivity contribution in [3.63, 3.8) is 0 Å². The van der Waals surface area contributed by atoms with E-state index in [9.17, 15) is 0 Å². The number of hydrogen-bond acceptors (Lipinski definition) is 3. The Balaban J connectivity index is 1.93. The molecule has 0 spiro atoms. The summed E-state index contributed by atoms with van der Waals surface area (Å²) in [7, 11) is 2.07. The standard InChI is InChI=1S/C14H18N2S/c1-15-14(10-4-2-3-5-10)11-8-13-12(16-9-11)6-7-17-13/h6-10,14-15H,2-5H2,1H3. The summed E-state index contributed by atoms with van der Waals surface area (Å²) in [6.45, 7) is 0. The van der Waals surface area contributed by atoms with Crippen LogP contribution in [0.2, 0.25) is 0 Å². The van der Waals surface area contributed by atoms with Crippen molar-refractivity contribution in [1.29, 1.82) is 0 Å². The van der Waals surface area contributed by atoms with E-state index in [0.29, 0.717) is 6.04 Å². The molecule has 1 aliphatic carbocycles. The Bertz CT molecular complexity index is 500. The quantitative estimate of drug-likeness (QED) is 0.892. The molecule has 1 aliphatic rings. The molecule has 1 fully saturated rings. The van der Waals surface area contributed by atoms with Gasteiger partial charge in [0, 0.05) is 12.2 Å². The lowest BCUT2D eigenvalue weighted by molar-refractivity contribution is 0.390. The van der Waals surface area contributed by atoms with Crippen molar-refractivity contribution in [3.8, 4) is 0 Å². The van der Waals surface area contributed by atoms with Gasteiger partial charge in [-0.05, 0) is 48.9 Å². The van der Waals surface area contributed by atoms with Gasteiger partial charge in [0.1, 0.15) is 0 Å². The maximum atomic E-state index is 4.55. The lowest BCUT2D eigenvalue weighted by Gasteiger charge is -2.23. The van der Waals surface area contributed by atoms with Crippen LogP contribution in [0.1, 0.15) is 37.3 Å². The third kappa shape index (κ3) is 2.09. The highest BCUT2D eigenvalue weighted by molar-refractivity contribution is 7.17. The minimum atomic E-state index is 0.483. The van der Waals surface area contributed by atoms with Crippen molar-refractivity contribution in [2.75, 3.05) is 7.05 Å². The van der Waals surface area contributed by atoms with Crippen LogP contribution in [0.5, 0.6) is 0 Å². The molecule has 0 aliphatic heterocycles. The van der Waals surface area contributed by atoms with Crippen LogP contribution in [-0.4, -0.2) is 12.0 Å². The second kappa shape index (κ2) is 4.75. The van der Waals surface area contributed by atoms with Crippen molar-refractivity contribution < 1.29 is 0 Å². The average Bonchev–Trinajstić information content (AvgIpc) is 2.99. The Kier molecular flexibility index (Phi) is 3.12. The number of aromatic nitrogens is 1. The number of hydrogen-bond donors (Lipinski definition) is 1. The van der Waals surface area contributed by atoms with Crippen LogP contribution in [0, 0.1) is 5.92 Å². The summed E-state index contributed by atoms with van der Waals surface area (Å²) in [4.78, 5) is 4.55. The fourth-order valence-electron chi connectivity index (χ4n) is 3.00. The molecule has 3 rings (SSSR count). The maximum absolute atomic E-state index is 4.55. The Labute approximate surface area is 106 Å². The molecule has 90 valence electrons. The molecule has 0 radical (unpaired) electrons. The molecule has 0 aromatic carbocycles. The van der Waals surface area contributed by atoms with Crippen molar-refractivity contribution in [3.05, 3.63) is 29.3 Å². The Hall–Kier alpha value is -0.930. The van der Waals surface area contributed by atoms with Gasteiger partial charge in [-0.15, -0.1) is 11.3 Å². The van der Waals surface area contributed by atoms with Gasteiger partial charge in [-0.1, -0.05) is 12.8 Å². The molecule has 1 saturated carbocycles. The Morgan fingerprint density at radius 3 is 3.00 bits per heavy atom. The zero-order valence-corrected chi connectivity index (χ0v) is 11.0. The molecule has 1 N–H and O–H groups in total. The van der Waals surface area contributed by atoms with Crippen LogP contribution in [0.15, 0.2) is 23.7 Å². The molecule has 2 aromatic heterocycles. The van der Waals surface area contributed by atoms with Gasteiger partial charge in [0.15, 0.2) is 0 Å². The average molecular weight is 246 g/mol. The lowest BCUT2D eigenvalue weighted by atomic mass is 9.93. The van der Waals surface area contributed by atoms with E-state index in [1.165, 1.54) is 35.9 Å². The molecule has 0 bridgehead atoms. The number of pyridine rings is 1. The summed E-state index contributed by atoms with van der Waals surface area (Å²) in [6.07, 6.45) is 7.53. The van der Waals surface area contributed by atoms with Gasteiger partial charge in [-0.25, -0.2) is 0 Å². The number of rotatable bonds is 3. The zero-order valence-electron chi connectivity index (χ0n) is 10.1. The summed E-state index contributed by atoms with van der Waals surface area (Å²) >= 11 is 1.78. The first kappa shape index (κ1) is 11.2. The van der Waals surface area contributed by atoms with E-state index in [0.717, 1.165) is 11.4 Å². The predicted octanol–water partition coefficient (Wildman–Crippen LogP) is 3.75. The van der Waals surface area contributed by atoms with Crippen molar-refractivity contribution in [2.45, 2.75) is 31.7 Å². The second-order valence-electron chi connectivity index (χ2n) is 4.88.